The van der Waals surface area contributed by atoms with Gasteiger partial charge in [0.1, 0.15) is 34.3 Å². The molecule has 0 aliphatic heterocycles. The van der Waals surface area contributed by atoms with Crippen LogP contribution in [0.25, 0.3) is 16.9 Å². The van der Waals surface area contributed by atoms with Crippen LogP contribution in [0.15, 0.2) is 82.4 Å². The quantitative estimate of drug-likeness (QED) is 0.370. The molecule has 3 aromatic carbocycles. The van der Waals surface area contributed by atoms with Crippen molar-refractivity contribution < 1.29 is 9.53 Å². The first-order chi connectivity index (χ1) is 15.0. The van der Waals surface area contributed by atoms with Crippen LogP contribution in [-0.4, -0.2) is 15.7 Å². The molecule has 1 amide bonds. The van der Waals surface area contributed by atoms with E-state index in [1.165, 1.54) is 10.7 Å². The third-order valence-corrected chi connectivity index (χ3v) is 5.21. The van der Waals surface area contributed by atoms with Crippen molar-refractivity contribution in [2.75, 3.05) is 5.73 Å². The molecule has 0 radical (unpaired) electrons. The van der Waals surface area contributed by atoms with Crippen LogP contribution in [0.4, 0.5) is 11.5 Å². The highest BCUT2D eigenvalue weighted by molar-refractivity contribution is 9.10. The zero-order valence-corrected chi connectivity index (χ0v) is 17.6. The molecule has 0 saturated heterocycles. The summed E-state index contributed by atoms with van der Waals surface area (Å²) in [7, 11) is 0. The Morgan fingerprint density at radius 2 is 1.68 bits per heavy atom. The van der Waals surface area contributed by atoms with E-state index in [2.05, 4.69) is 26.2 Å². The predicted molar refractivity (Wildman–Crippen MR) is 122 cm³/mol. The minimum Gasteiger partial charge on any atom is -0.457 e. The van der Waals surface area contributed by atoms with Gasteiger partial charge < -0.3 is 16.2 Å². The number of rotatable bonds is 6. The van der Waals surface area contributed by atoms with Crippen molar-refractivity contribution in [3.63, 3.8) is 0 Å². The summed E-state index contributed by atoms with van der Waals surface area (Å²) in [5.74, 6) is 0.658. The monoisotopic (exact) mass is 477 g/mol. The number of carbonyl (C=O) groups is 1. The molecule has 4 rings (SSSR count). The first-order valence-electron chi connectivity index (χ1n) is 9.13. The molecule has 0 fully saturated rings. The molecule has 0 aliphatic carbocycles. The molecule has 4 aromatic rings. The number of nitrogens with zero attached hydrogens (tertiary/aromatic N) is 3. The zero-order chi connectivity index (χ0) is 22.0. The molecule has 1 aromatic heterocycles. The largest absolute Gasteiger partial charge is 0.457 e. The van der Waals surface area contributed by atoms with Crippen molar-refractivity contribution in [2.24, 2.45) is 10.9 Å². The van der Waals surface area contributed by atoms with E-state index in [9.17, 15) is 9.70 Å². The first-order valence-corrected chi connectivity index (χ1v) is 9.92. The van der Waals surface area contributed by atoms with Gasteiger partial charge in [-0.15, -0.1) is 4.91 Å². The maximum Gasteiger partial charge on any atom is 0.254 e. The lowest BCUT2D eigenvalue weighted by Gasteiger charge is -2.07. The minimum atomic E-state index is -0.718. The van der Waals surface area contributed by atoms with Crippen LogP contribution in [0.5, 0.6) is 11.5 Å². The normalized spacial score (nSPS) is 10.6. The van der Waals surface area contributed by atoms with Crippen molar-refractivity contribution in [1.82, 2.24) is 9.78 Å². The van der Waals surface area contributed by atoms with Gasteiger partial charge in [-0.05, 0) is 75.7 Å². The van der Waals surface area contributed by atoms with E-state index >= 15 is 0 Å². The number of ether oxygens (including phenoxy) is 1. The number of para-hydroxylation sites is 1. The molecule has 9 heteroatoms. The van der Waals surface area contributed by atoms with Gasteiger partial charge in [0.2, 0.25) is 0 Å². The van der Waals surface area contributed by atoms with Crippen LogP contribution in [0.3, 0.4) is 0 Å². The lowest BCUT2D eigenvalue weighted by Crippen LogP contribution is -2.14. The molecule has 154 valence electrons. The number of amides is 1. The van der Waals surface area contributed by atoms with E-state index in [0.717, 1.165) is 0 Å². The fraction of sp³-hybridized carbons (Fsp3) is 0. The summed E-state index contributed by atoms with van der Waals surface area (Å²) in [6, 6.07) is 21.1. The third-order valence-electron chi connectivity index (χ3n) is 4.54. The van der Waals surface area contributed by atoms with Crippen LogP contribution < -0.4 is 16.2 Å². The summed E-state index contributed by atoms with van der Waals surface area (Å²) in [6.07, 6.45) is 0. The Kier molecular flexibility index (Phi) is 5.50. The molecule has 0 aliphatic rings. The molecular formula is C22H16BrN5O3. The minimum absolute atomic E-state index is 0.0517. The zero-order valence-electron chi connectivity index (χ0n) is 16.0. The summed E-state index contributed by atoms with van der Waals surface area (Å²) >= 11 is 3.41. The average molecular weight is 478 g/mol. The summed E-state index contributed by atoms with van der Waals surface area (Å²) in [4.78, 5) is 23.1. The van der Waals surface area contributed by atoms with E-state index in [1.54, 1.807) is 36.4 Å². The second kappa shape index (κ2) is 8.41. The van der Waals surface area contributed by atoms with Gasteiger partial charge in [-0.2, -0.15) is 5.10 Å². The summed E-state index contributed by atoms with van der Waals surface area (Å²) in [5.41, 5.74) is 13.5. The average Bonchev–Trinajstić information content (AvgIpc) is 3.12. The Hall–Kier alpha value is -3.98. The lowest BCUT2D eigenvalue weighted by atomic mass is 10.1. The molecular weight excluding hydrogens is 462 g/mol. The topological polar surface area (TPSA) is 126 Å². The Bertz CT molecular complexity index is 1270. The van der Waals surface area contributed by atoms with Crippen LogP contribution in [0.2, 0.25) is 0 Å². The number of benzene rings is 3. The number of nitrogens with two attached hydrogens (primary N) is 2. The maximum atomic E-state index is 12.2. The summed E-state index contributed by atoms with van der Waals surface area (Å²) < 4.78 is 7.76. The SMILES string of the molecule is NC(=O)c1c(-c2ccc(Oc3ccccc3)cc2)nn(-c2cc(N=O)ccc2Br)c1N. The van der Waals surface area contributed by atoms with Gasteiger partial charge in [0, 0.05) is 10.0 Å². The summed E-state index contributed by atoms with van der Waals surface area (Å²) in [5, 5.41) is 7.43. The number of aromatic nitrogens is 2. The smallest absolute Gasteiger partial charge is 0.254 e. The Balaban J connectivity index is 1.76. The van der Waals surface area contributed by atoms with Gasteiger partial charge in [0.05, 0.1) is 5.69 Å². The highest BCUT2D eigenvalue weighted by atomic mass is 79.9. The van der Waals surface area contributed by atoms with E-state index in [-0.39, 0.29) is 17.1 Å². The first kappa shape index (κ1) is 20.3. The lowest BCUT2D eigenvalue weighted by molar-refractivity contribution is 0.100. The van der Waals surface area contributed by atoms with E-state index in [4.69, 9.17) is 16.2 Å². The van der Waals surface area contributed by atoms with E-state index < -0.39 is 5.91 Å². The van der Waals surface area contributed by atoms with Crippen LogP contribution >= 0.6 is 15.9 Å². The van der Waals surface area contributed by atoms with E-state index in [1.807, 2.05) is 30.3 Å². The Labute approximate surface area is 185 Å². The summed E-state index contributed by atoms with van der Waals surface area (Å²) in [6.45, 7) is 0. The molecule has 4 N–H and O–H groups in total. The Morgan fingerprint density at radius 3 is 2.32 bits per heavy atom. The molecule has 0 bridgehead atoms. The van der Waals surface area contributed by atoms with E-state index in [0.29, 0.717) is 32.9 Å². The number of anilines is 1. The van der Waals surface area contributed by atoms with Gasteiger partial charge in [0.25, 0.3) is 5.91 Å². The Morgan fingerprint density at radius 1 is 1.00 bits per heavy atom. The maximum absolute atomic E-state index is 12.2. The molecule has 0 atom stereocenters. The number of halogens is 1. The number of nitrogen functional groups attached to an aromatic ring is 1. The standard InChI is InChI=1S/C22H16BrN5O3/c23-17-11-8-14(27-30)12-18(17)28-21(24)19(22(25)29)20(26-28)13-6-9-16(10-7-13)31-15-4-2-1-3-5-15/h1-12H,24H2,(H2,25,29). The van der Waals surface area contributed by atoms with Crippen molar-refractivity contribution in [1.29, 1.82) is 0 Å². The molecule has 1 heterocycles. The van der Waals surface area contributed by atoms with Gasteiger partial charge >= 0.3 is 0 Å². The van der Waals surface area contributed by atoms with Gasteiger partial charge in [-0.3, -0.25) is 4.79 Å². The molecule has 0 spiro atoms. The van der Waals surface area contributed by atoms with Crippen LogP contribution in [0.1, 0.15) is 10.4 Å². The van der Waals surface area contributed by atoms with Crippen molar-refractivity contribution in [3.8, 4) is 28.4 Å². The molecule has 0 saturated carbocycles. The molecule has 31 heavy (non-hydrogen) atoms. The molecule has 0 unspecified atom stereocenters. The number of hydrogen-bond donors (Lipinski definition) is 2. The highest BCUT2D eigenvalue weighted by Gasteiger charge is 2.23. The number of nitroso groups, excluding NO2 is 1. The van der Waals surface area contributed by atoms with Crippen molar-refractivity contribution in [3.05, 3.63) is 87.7 Å². The van der Waals surface area contributed by atoms with Gasteiger partial charge in [0.15, 0.2) is 0 Å². The van der Waals surface area contributed by atoms with Crippen LogP contribution in [0, 0.1) is 4.91 Å². The fourth-order valence-electron chi connectivity index (χ4n) is 3.09. The number of carbonyl (C=O) groups excluding carboxylic acids is 1. The van der Waals surface area contributed by atoms with Gasteiger partial charge in [-0.25, -0.2) is 4.68 Å². The van der Waals surface area contributed by atoms with Crippen molar-refractivity contribution in [2.45, 2.75) is 0 Å². The van der Waals surface area contributed by atoms with Gasteiger partial charge in [-0.1, -0.05) is 18.2 Å². The highest BCUT2D eigenvalue weighted by Crippen LogP contribution is 2.34. The van der Waals surface area contributed by atoms with Crippen molar-refractivity contribution >= 4 is 33.3 Å². The number of primary amides is 1. The number of hydrogen-bond acceptors (Lipinski definition) is 6. The molecule has 8 nitrogen and oxygen atoms in total. The van der Waals surface area contributed by atoms with Crippen LogP contribution in [-0.2, 0) is 0 Å². The second-order valence-electron chi connectivity index (χ2n) is 6.55. The predicted octanol–water partition coefficient (Wildman–Crippen LogP) is 5.17. The fourth-order valence-corrected chi connectivity index (χ4v) is 3.50. The second-order valence-corrected chi connectivity index (χ2v) is 7.41. The third kappa shape index (κ3) is 4.03.